The molecule has 0 aliphatic rings. The molecule has 0 amide bonds. The number of rotatable bonds is 3. The van der Waals surface area contributed by atoms with Crippen LogP contribution in [-0.4, -0.2) is 34.4 Å². The molecule has 0 saturated heterocycles. The fourth-order valence-corrected chi connectivity index (χ4v) is 2.68. The van der Waals surface area contributed by atoms with Gasteiger partial charge in [0.15, 0.2) is 0 Å². The van der Waals surface area contributed by atoms with Gasteiger partial charge >= 0.3 is 6.09 Å². The van der Waals surface area contributed by atoms with Crippen LogP contribution < -0.4 is 4.74 Å². The molecule has 0 fully saturated rings. The molecule has 3 rings (SSSR count). The fraction of sp³-hybridized carbons (Fsp3) is 0.250. The van der Waals surface area contributed by atoms with Crippen molar-refractivity contribution in [1.29, 1.82) is 0 Å². The van der Waals surface area contributed by atoms with E-state index in [1.165, 1.54) is 13.2 Å². The SMILES string of the molecule is COc1cc(F)c(C(=O)c2nn(C(=O)OC(C)(C)C)c3ccccc23)c(F)c1. The predicted octanol–water partition coefficient (Wildman–Crippen LogP) is 4.34. The maximum absolute atomic E-state index is 14.4. The lowest BCUT2D eigenvalue weighted by Gasteiger charge is -2.19. The van der Waals surface area contributed by atoms with Gasteiger partial charge < -0.3 is 9.47 Å². The Morgan fingerprint density at radius 3 is 2.25 bits per heavy atom. The Morgan fingerprint density at radius 2 is 1.68 bits per heavy atom. The van der Waals surface area contributed by atoms with Crippen molar-refractivity contribution in [3.8, 4) is 5.75 Å². The molecule has 0 unspecified atom stereocenters. The van der Waals surface area contributed by atoms with Crippen molar-refractivity contribution in [2.75, 3.05) is 7.11 Å². The Kier molecular flexibility index (Phi) is 4.89. The molecule has 8 heteroatoms. The number of hydrogen-bond donors (Lipinski definition) is 0. The van der Waals surface area contributed by atoms with Gasteiger partial charge in [0.25, 0.3) is 0 Å². The molecule has 0 bridgehead atoms. The standard InChI is InChI=1S/C20H18F2N2O4/c1-20(2,3)28-19(26)24-15-8-6-5-7-12(15)17(23-24)18(25)16-13(21)9-11(27-4)10-14(16)22/h5-10H,1-4H3. The number of methoxy groups -OCH3 is 1. The van der Waals surface area contributed by atoms with E-state index in [-0.39, 0.29) is 22.3 Å². The highest BCUT2D eigenvalue weighted by Crippen LogP contribution is 2.26. The fourth-order valence-electron chi connectivity index (χ4n) is 2.68. The Balaban J connectivity index is 2.15. The summed E-state index contributed by atoms with van der Waals surface area (Å²) in [6, 6.07) is 8.18. The van der Waals surface area contributed by atoms with Crippen LogP contribution in [0.4, 0.5) is 13.6 Å². The van der Waals surface area contributed by atoms with Gasteiger partial charge in [-0.2, -0.15) is 9.78 Å². The minimum absolute atomic E-state index is 0.0595. The van der Waals surface area contributed by atoms with E-state index in [4.69, 9.17) is 9.47 Å². The normalized spacial score (nSPS) is 11.5. The highest BCUT2D eigenvalue weighted by Gasteiger charge is 2.28. The minimum Gasteiger partial charge on any atom is -0.497 e. The first-order chi connectivity index (χ1) is 13.1. The third kappa shape index (κ3) is 3.58. The second-order valence-electron chi connectivity index (χ2n) is 7.05. The van der Waals surface area contributed by atoms with E-state index in [9.17, 15) is 18.4 Å². The molecule has 146 valence electrons. The molecule has 3 aromatic rings. The van der Waals surface area contributed by atoms with Crippen molar-refractivity contribution in [3.63, 3.8) is 0 Å². The lowest BCUT2D eigenvalue weighted by molar-refractivity contribution is 0.0522. The van der Waals surface area contributed by atoms with Crippen molar-refractivity contribution in [2.45, 2.75) is 26.4 Å². The van der Waals surface area contributed by atoms with Crippen LogP contribution in [0.2, 0.25) is 0 Å². The molecule has 1 heterocycles. The van der Waals surface area contributed by atoms with Crippen LogP contribution in [-0.2, 0) is 4.74 Å². The average molecular weight is 388 g/mol. The van der Waals surface area contributed by atoms with E-state index >= 15 is 0 Å². The summed E-state index contributed by atoms with van der Waals surface area (Å²) in [5.74, 6) is -3.22. The highest BCUT2D eigenvalue weighted by atomic mass is 19.1. The third-order valence-electron chi connectivity index (χ3n) is 3.85. The zero-order valence-corrected chi connectivity index (χ0v) is 15.7. The van der Waals surface area contributed by atoms with Crippen LogP contribution in [0.15, 0.2) is 36.4 Å². The number of carbonyl (C=O) groups is 2. The first-order valence-electron chi connectivity index (χ1n) is 8.41. The van der Waals surface area contributed by atoms with Gasteiger partial charge in [0, 0.05) is 17.5 Å². The first-order valence-corrected chi connectivity index (χ1v) is 8.41. The van der Waals surface area contributed by atoms with Gasteiger partial charge in [-0.25, -0.2) is 13.6 Å². The number of fused-ring (bicyclic) bond motifs is 1. The number of ketones is 1. The Hall–Kier alpha value is -3.29. The summed E-state index contributed by atoms with van der Waals surface area (Å²) in [6.45, 7) is 5.06. The van der Waals surface area contributed by atoms with E-state index in [1.54, 1.807) is 39.0 Å². The van der Waals surface area contributed by atoms with Crippen molar-refractivity contribution >= 4 is 22.8 Å². The van der Waals surface area contributed by atoms with Crippen LogP contribution in [0, 0.1) is 11.6 Å². The van der Waals surface area contributed by atoms with Gasteiger partial charge in [-0.15, -0.1) is 0 Å². The number of carbonyl (C=O) groups excluding carboxylic acids is 2. The molecule has 0 aliphatic heterocycles. The molecule has 0 N–H and O–H groups in total. The Morgan fingerprint density at radius 1 is 1.07 bits per heavy atom. The smallest absolute Gasteiger partial charge is 0.435 e. The number of para-hydroxylation sites is 1. The van der Waals surface area contributed by atoms with Crippen molar-refractivity contribution in [3.05, 3.63) is 59.3 Å². The summed E-state index contributed by atoms with van der Waals surface area (Å²) >= 11 is 0. The first kappa shape index (κ1) is 19.5. The zero-order valence-electron chi connectivity index (χ0n) is 15.7. The molecular formula is C20H18F2N2O4. The van der Waals surface area contributed by atoms with Crippen LogP contribution in [0.25, 0.3) is 10.9 Å². The Labute approximate surface area is 159 Å². The minimum atomic E-state index is -1.09. The van der Waals surface area contributed by atoms with Crippen molar-refractivity contribution < 1.29 is 27.8 Å². The molecule has 6 nitrogen and oxygen atoms in total. The highest BCUT2D eigenvalue weighted by molar-refractivity contribution is 6.15. The van der Waals surface area contributed by atoms with E-state index in [0.29, 0.717) is 0 Å². The van der Waals surface area contributed by atoms with Crippen molar-refractivity contribution in [2.24, 2.45) is 0 Å². The second-order valence-corrected chi connectivity index (χ2v) is 7.05. The van der Waals surface area contributed by atoms with Gasteiger partial charge in [0.05, 0.1) is 18.2 Å². The van der Waals surface area contributed by atoms with E-state index in [2.05, 4.69) is 5.10 Å². The van der Waals surface area contributed by atoms with Gasteiger partial charge in [-0.05, 0) is 26.8 Å². The molecule has 0 radical (unpaired) electrons. The van der Waals surface area contributed by atoms with Crippen LogP contribution >= 0.6 is 0 Å². The van der Waals surface area contributed by atoms with Crippen LogP contribution in [0.1, 0.15) is 36.8 Å². The molecule has 1 aromatic heterocycles. The number of benzene rings is 2. The largest absolute Gasteiger partial charge is 0.497 e. The summed E-state index contributed by atoms with van der Waals surface area (Å²) in [5.41, 5.74) is -1.54. The lowest BCUT2D eigenvalue weighted by Crippen LogP contribution is -2.28. The molecule has 0 spiro atoms. The van der Waals surface area contributed by atoms with Crippen molar-refractivity contribution in [1.82, 2.24) is 9.78 Å². The molecule has 2 aromatic carbocycles. The number of ether oxygens (including phenoxy) is 2. The molecule has 0 atom stereocenters. The molecule has 0 aliphatic carbocycles. The molecular weight excluding hydrogens is 370 g/mol. The lowest BCUT2D eigenvalue weighted by atomic mass is 10.0. The van der Waals surface area contributed by atoms with E-state index < -0.39 is 34.7 Å². The van der Waals surface area contributed by atoms with E-state index in [1.807, 2.05) is 0 Å². The summed E-state index contributed by atoms with van der Waals surface area (Å²) < 4.78 is 39.7. The maximum Gasteiger partial charge on any atom is 0.435 e. The maximum atomic E-state index is 14.4. The number of halogens is 2. The summed E-state index contributed by atoms with van der Waals surface area (Å²) in [6.07, 6.45) is -0.807. The molecule has 28 heavy (non-hydrogen) atoms. The third-order valence-corrected chi connectivity index (χ3v) is 3.85. The quantitative estimate of drug-likeness (QED) is 0.625. The van der Waals surface area contributed by atoms with E-state index in [0.717, 1.165) is 16.8 Å². The number of nitrogens with zero attached hydrogens (tertiary/aromatic N) is 2. The number of aromatic nitrogens is 2. The second kappa shape index (κ2) is 7.03. The topological polar surface area (TPSA) is 70.4 Å². The van der Waals surface area contributed by atoms with Crippen LogP contribution in [0.3, 0.4) is 0 Å². The van der Waals surface area contributed by atoms with Gasteiger partial charge in [0.2, 0.25) is 5.78 Å². The molecule has 0 saturated carbocycles. The monoisotopic (exact) mass is 388 g/mol. The average Bonchev–Trinajstić information content (AvgIpc) is 2.99. The number of hydrogen-bond acceptors (Lipinski definition) is 5. The van der Waals surface area contributed by atoms with Gasteiger partial charge in [-0.1, -0.05) is 18.2 Å². The van der Waals surface area contributed by atoms with Gasteiger partial charge in [-0.3, -0.25) is 4.79 Å². The Bertz CT molecular complexity index is 1060. The van der Waals surface area contributed by atoms with Gasteiger partial charge in [0.1, 0.15) is 28.7 Å². The summed E-state index contributed by atoms with van der Waals surface area (Å²) in [7, 11) is 1.26. The zero-order chi connectivity index (χ0) is 20.6. The predicted molar refractivity (Wildman–Crippen MR) is 97.7 cm³/mol. The summed E-state index contributed by atoms with van der Waals surface area (Å²) in [4.78, 5) is 25.3. The summed E-state index contributed by atoms with van der Waals surface area (Å²) in [5, 5.41) is 4.27. The van der Waals surface area contributed by atoms with Crippen LogP contribution in [0.5, 0.6) is 5.75 Å².